The van der Waals surface area contributed by atoms with Crippen molar-refractivity contribution < 1.29 is 4.74 Å². The van der Waals surface area contributed by atoms with Crippen molar-refractivity contribution in [3.8, 4) is 0 Å². The molecule has 0 saturated heterocycles. The van der Waals surface area contributed by atoms with Gasteiger partial charge in [0.1, 0.15) is 11.2 Å². The maximum atomic E-state index is 12.4. The Morgan fingerprint density at radius 1 is 1.27 bits per heavy atom. The van der Waals surface area contributed by atoms with Crippen LogP contribution in [0, 0.1) is 0 Å². The van der Waals surface area contributed by atoms with Crippen LogP contribution in [0.3, 0.4) is 0 Å². The van der Waals surface area contributed by atoms with Crippen molar-refractivity contribution in [3.05, 3.63) is 45.4 Å². The van der Waals surface area contributed by atoms with Gasteiger partial charge in [0, 0.05) is 19.3 Å². The van der Waals surface area contributed by atoms with E-state index in [-0.39, 0.29) is 29.3 Å². The second-order valence-corrected chi connectivity index (χ2v) is 6.44. The second-order valence-electron chi connectivity index (χ2n) is 6.44. The van der Waals surface area contributed by atoms with Crippen LogP contribution in [0.15, 0.2) is 34.1 Å². The number of nitrogens with one attached hydrogen (secondary N) is 3. The van der Waals surface area contributed by atoms with E-state index in [0.717, 1.165) is 25.7 Å². The van der Waals surface area contributed by atoms with Gasteiger partial charge in [-0.25, -0.2) is 9.78 Å². The molecule has 9 heteroatoms. The van der Waals surface area contributed by atoms with Gasteiger partial charge in [-0.15, -0.1) is 0 Å². The Morgan fingerprint density at radius 3 is 2.81 bits per heavy atom. The Morgan fingerprint density at radius 2 is 2.08 bits per heavy atom. The number of anilines is 2. The molecule has 0 radical (unpaired) electrons. The number of H-pyrrole nitrogens is 2. The summed E-state index contributed by atoms with van der Waals surface area (Å²) in [5.41, 5.74) is 1.01. The minimum absolute atomic E-state index is 0.0746. The first-order chi connectivity index (χ1) is 12.7. The molecule has 3 N–H and O–H groups in total. The molecule has 1 saturated carbocycles. The lowest BCUT2D eigenvalue weighted by Gasteiger charge is -2.28. The molecule has 1 fully saturated rings. The highest BCUT2D eigenvalue weighted by Crippen LogP contribution is 2.30. The third-order valence-electron chi connectivity index (χ3n) is 4.86. The topological polar surface area (TPSA) is 118 Å². The zero-order chi connectivity index (χ0) is 18.1. The third kappa shape index (κ3) is 3.01. The molecule has 0 amide bonds. The Kier molecular flexibility index (Phi) is 4.29. The lowest BCUT2D eigenvalue weighted by atomic mass is 9.93. The van der Waals surface area contributed by atoms with E-state index in [1.807, 2.05) is 0 Å². The third-order valence-corrected chi connectivity index (χ3v) is 4.86. The van der Waals surface area contributed by atoms with Crippen LogP contribution in [0.4, 0.5) is 11.6 Å². The highest BCUT2D eigenvalue weighted by atomic mass is 16.5. The number of imidazole rings is 1. The van der Waals surface area contributed by atoms with Gasteiger partial charge in [0.15, 0.2) is 5.65 Å². The van der Waals surface area contributed by atoms with Crippen LogP contribution in [0.5, 0.6) is 0 Å². The number of aromatic nitrogens is 5. The minimum Gasteiger partial charge on any atom is -0.381 e. The molecule has 3 aromatic rings. The van der Waals surface area contributed by atoms with Crippen molar-refractivity contribution >= 4 is 22.8 Å². The number of hydrogen-bond acceptors (Lipinski definition) is 6. The van der Waals surface area contributed by atoms with Crippen molar-refractivity contribution in [2.24, 2.45) is 0 Å². The van der Waals surface area contributed by atoms with E-state index in [0.29, 0.717) is 16.9 Å². The number of fused-ring (bicyclic) bond motifs is 1. The minimum atomic E-state index is -0.263. The standard InChI is InChI=1S/C17H20N6O3/c1-26-11-6-4-10(5-7-11)23-14-13(21-17(23)25)9-19-16(22-14)20-12-3-2-8-18-15(12)24/h2-3,8-11H,4-7H2,1H3,(H,18,24)(H,21,25)(H,19,20,22). The number of aromatic amines is 2. The predicted molar refractivity (Wildman–Crippen MR) is 96.8 cm³/mol. The number of rotatable bonds is 4. The average molecular weight is 356 g/mol. The van der Waals surface area contributed by atoms with E-state index in [4.69, 9.17) is 4.74 Å². The number of pyridine rings is 1. The van der Waals surface area contributed by atoms with Crippen LogP contribution in [-0.2, 0) is 4.74 Å². The van der Waals surface area contributed by atoms with Gasteiger partial charge in [0.2, 0.25) is 5.95 Å². The van der Waals surface area contributed by atoms with E-state index < -0.39 is 0 Å². The second kappa shape index (κ2) is 6.75. The number of hydrogen-bond donors (Lipinski definition) is 3. The van der Waals surface area contributed by atoms with Gasteiger partial charge < -0.3 is 20.0 Å². The molecule has 4 rings (SSSR count). The molecule has 0 aromatic carbocycles. The summed E-state index contributed by atoms with van der Waals surface area (Å²) in [5, 5.41) is 2.90. The molecule has 3 aromatic heterocycles. The highest BCUT2D eigenvalue weighted by Gasteiger charge is 2.25. The molecule has 1 aliphatic carbocycles. The molecular weight excluding hydrogens is 336 g/mol. The first-order valence-corrected chi connectivity index (χ1v) is 8.60. The van der Waals surface area contributed by atoms with Crippen molar-refractivity contribution in [2.45, 2.75) is 37.8 Å². The summed E-state index contributed by atoms with van der Waals surface area (Å²) in [7, 11) is 1.72. The molecule has 0 atom stereocenters. The lowest BCUT2D eigenvalue weighted by Crippen LogP contribution is -2.28. The molecule has 136 valence electrons. The van der Waals surface area contributed by atoms with Crippen LogP contribution in [0.25, 0.3) is 11.2 Å². The van der Waals surface area contributed by atoms with Crippen LogP contribution < -0.4 is 16.6 Å². The average Bonchev–Trinajstić information content (AvgIpc) is 2.99. The summed E-state index contributed by atoms with van der Waals surface area (Å²) in [6.45, 7) is 0. The largest absolute Gasteiger partial charge is 0.381 e. The first-order valence-electron chi connectivity index (χ1n) is 8.60. The Labute approximate surface area is 148 Å². The van der Waals surface area contributed by atoms with E-state index >= 15 is 0 Å². The fourth-order valence-corrected chi connectivity index (χ4v) is 3.49. The molecule has 0 aliphatic heterocycles. The summed E-state index contributed by atoms with van der Waals surface area (Å²) in [6, 6.07) is 3.43. The highest BCUT2D eigenvalue weighted by molar-refractivity contribution is 5.71. The van der Waals surface area contributed by atoms with Gasteiger partial charge in [0.25, 0.3) is 5.56 Å². The smallest absolute Gasteiger partial charge is 0.327 e. The van der Waals surface area contributed by atoms with E-state index in [2.05, 4.69) is 25.3 Å². The summed E-state index contributed by atoms with van der Waals surface area (Å²) in [4.78, 5) is 38.3. The van der Waals surface area contributed by atoms with E-state index in [9.17, 15) is 9.59 Å². The summed E-state index contributed by atoms with van der Waals surface area (Å²) in [5.74, 6) is 0.271. The maximum absolute atomic E-state index is 12.4. The molecule has 26 heavy (non-hydrogen) atoms. The van der Waals surface area contributed by atoms with E-state index in [1.54, 1.807) is 36.2 Å². The van der Waals surface area contributed by atoms with Crippen LogP contribution >= 0.6 is 0 Å². The number of methoxy groups -OCH3 is 1. The molecule has 0 unspecified atom stereocenters. The monoisotopic (exact) mass is 356 g/mol. The van der Waals surface area contributed by atoms with Crippen LogP contribution in [0.2, 0.25) is 0 Å². The molecule has 0 spiro atoms. The van der Waals surface area contributed by atoms with Crippen molar-refractivity contribution in [1.29, 1.82) is 0 Å². The molecular formula is C17H20N6O3. The van der Waals surface area contributed by atoms with Crippen LogP contribution in [0.1, 0.15) is 31.7 Å². The normalized spacial score (nSPS) is 20.3. The molecule has 0 bridgehead atoms. The number of nitrogens with zero attached hydrogens (tertiary/aromatic N) is 3. The SMILES string of the molecule is COC1CCC(n2c(=O)[nH]c3cnc(Nc4ccc[nH]c4=O)nc32)CC1. The van der Waals surface area contributed by atoms with Gasteiger partial charge in [-0.05, 0) is 37.8 Å². The molecule has 3 heterocycles. The zero-order valence-electron chi connectivity index (χ0n) is 14.4. The summed E-state index contributed by atoms with van der Waals surface area (Å²) >= 11 is 0. The first kappa shape index (κ1) is 16.5. The van der Waals surface area contributed by atoms with Crippen molar-refractivity contribution in [2.75, 3.05) is 12.4 Å². The lowest BCUT2D eigenvalue weighted by molar-refractivity contribution is 0.0585. The van der Waals surface area contributed by atoms with Gasteiger partial charge in [-0.1, -0.05) is 0 Å². The fraction of sp³-hybridized carbons (Fsp3) is 0.412. The van der Waals surface area contributed by atoms with E-state index in [1.165, 1.54) is 0 Å². The summed E-state index contributed by atoms with van der Waals surface area (Å²) in [6.07, 6.45) is 6.90. The fourth-order valence-electron chi connectivity index (χ4n) is 3.49. The van der Waals surface area contributed by atoms with Gasteiger partial charge in [-0.2, -0.15) is 4.98 Å². The Balaban J connectivity index is 1.68. The van der Waals surface area contributed by atoms with Gasteiger partial charge in [0.05, 0.1) is 12.3 Å². The number of ether oxygens (including phenoxy) is 1. The maximum Gasteiger partial charge on any atom is 0.327 e. The quantitative estimate of drug-likeness (QED) is 0.655. The Bertz CT molecular complexity index is 1030. The van der Waals surface area contributed by atoms with Crippen molar-refractivity contribution in [3.63, 3.8) is 0 Å². The Hall–Kier alpha value is -2.94. The summed E-state index contributed by atoms with van der Waals surface area (Å²) < 4.78 is 7.11. The zero-order valence-corrected chi connectivity index (χ0v) is 14.4. The van der Waals surface area contributed by atoms with Crippen molar-refractivity contribution in [1.82, 2.24) is 24.5 Å². The van der Waals surface area contributed by atoms with Crippen LogP contribution in [-0.4, -0.2) is 37.7 Å². The molecule has 9 nitrogen and oxygen atoms in total. The molecule has 1 aliphatic rings. The van der Waals surface area contributed by atoms with Gasteiger partial charge in [-0.3, -0.25) is 9.36 Å². The van der Waals surface area contributed by atoms with Gasteiger partial charge >= 0.3 is 5.69 Å². The predicted octanol–water partition coefficient (Wildman–Crippen LogP) is 1.68.